The molecular weight excluding hydrogens is 350 g/mol. The third kappa shape index (κ3) is 4.37. The lowest BCUT2D eigenvalue weighted by molar-refractivity contribution is -0.116. The van der Waals surface area contributed by atoms with Gasteiger partial charge in [-0.1, -0.05) is 24.3 Å². The summed E-state index contributed by atoms with van der Waals surface area (Å²) in [7, 11) is 1.73. The minimum absolute atomic E-state index is 0.108. The Hall–Kier alpha value is -2.37. The molecule has 0 saturated carbocycles. The Morgan fingerprint density at radius 3 is 2.86 bits per heavy atom. The molecular formula is C23H29N3O2. The van der Waals surface area contributed by atoms with E-state index in [1.54, 1.807) is 7.11 Å². The van der Waals surface area contributed by atoms with Crippen LogP contribution in [-0.2, 0) is 29.1 Å². The van der Waals surface area contributed by atoms with Crippen molar-refractivity contribution in [3.63, 3.8) is 0 Å². The maximum absolute atomic E-state index is 11.8. The van der Waals surface area contributed by atoms with Gasteiger partial charge in [0.15, 0.2) is 0 Å². The van der Waals surface area contributed by atoms with Gasteiger partial charge in [-0.15, -0.1) is 0 Å². The van der Waals surface area contributed by atoms with Crippen molar-refractivity contribution in [3.05, 3.63) is 59.2 Å². The second kappa shape index (κ2) is 8.76. The second-order valence-electron chi connectivity index (χ2n) is 7.76. The molecule has 2 N–H and O–H groups in total. The number of hydrogen-bond donors (Lipinski definition) is 2. The van der Waals surface area contributed by atoms with Crippen molar-refractivity contribution in [2.75, 3.05) is 30.4 Å². The Kier molecular flexibility index (Phi) is 5.93. The monoisotopic (exact) mass is 379 g/mol. The van der Waals surface area contributed by atoms with Gasteiger partial charge in [0.25, 0.3) is 0 Å². The summed E-state index contributed by atoms with van der Waals surface area (Å²) in [5.74, 6) is 0.108. The molecule has 1 atom stereocenters. The molecule has 5 heteroatoms. The number of nitrogens with zero attached hydrogens (tertiary/aromatic N) is 1. The molecule has 1 unspecified atom stereocenters. The molecule has 2 heterocycles. The van der Waals surface area contributed by atoms with Crippen LogP contribution in [0.2, 0.25) is 0 Å². The molecule has 0 aromatic heterocycles. The summed E-state index contributed by atoms with van der Waals surface area (Å²) >= 11 is 0. The van der Waals surface area contributed by atoms with Crippen molar-refractivity contribution in [2.24, 2.45) is 0 Å². The van der Waals surface area contributed by atoms with E-state index in [1.165, 1.54) is 35.2 Å². The predicted molar refractivity (Wildman–Crippen MR) is 113 cm³/mol. The van der Waals surface area contributed by atoms with Crippen LogP contribution in [0, 0.1) is 0 Å². The van der Waals surface area contributed by atoms with Gasteiger partial charge in [-0.3, -0.25) is 4.79 Å². The molecule has 1 amide bonds. The van der Waals surface area contributed by atoms with Crippen molar-refractivity contribution >= 4 is 17.3 Å². The molecule has 2 aliphatic rings. The van der Waals surface area contributed by atoms with Gasteiger partial charge in [-0.2, -0.15) is 0 Å². The lowest BCUT2D eigenvalue weighted by atomic mass is 9.96. The number of benzene rings is 2. The molecule has 1 fully saturated rings. The van der Waals surface area contributed by atoms with Gasteiger partial charge in [0, 0.05) is 50.6 Å². The normalized spacial score (nSPS) is 19.2. The van der Waals surface area contributed by atoms with Crippen LogP contribution in [0.4, 0.5) is 11.4 Å². The summed E-state index contributed by atoms with van der Waals surface area (Å²) < 4.78 is 5.42. The Labute approximate surface area is 167 Å². The van der Waals surface area contributed by atoms with E-state index in [4.69, 9.17) is 4.74 Å². The first kappa shape index (κ1) is 19.0. The van der Waals surface area contributed by atoms with Crippen molar-refractivity contribution < 1.29 is 9.53 Å². The highest BCUT2D eigenvalue weighted by molar-refractivity contribution is 5.94. The van der Waals surface area contributed by atoms with Gasteiger partial charge >= 0.3 is 0 Å². The number of methoxy groups -OCH3 is 1. The summed E-state index contributed by atoms with van der Waals surface area (Å²) in [4.78, 5) is 14.2. The number of ether oxygens (including phenoxy) is 1. The average Bonchev–Trinajstić information content (AvgIpc) is 2.73. The molecule has 148 valence electrons. The van der Waals surface area contributed by atoms with Gasteiger partial charge in [0.1, 0.15) is 0 Å². The summed E-state index contributed by atoms with van der Waals surface area (Å²) in [6, 6.07) is 15.4. The number of piperidine rings is 1. The fourth-order valence-corrected chi connectivity index (χ4v) is 4.25. The van der Waals surface area contributed by atoms with E-state index >= 15 is 0 Å². The predicted octanol–water partition coefficient (Wildman–Crippen LogP) is 3.48. The van der Waals surface area contributed by atoms with Crippen LogP contribution in [0.15, 0.2) is 42.5 Å². The standard InChI is InChI=1S/C23H29N3O2/c1-28-16-19-12-17-9-10-23(27)25-22(17)13-18(19)14-24-20-6-5-11-26(15-20)21-7-3-2-4-8-21/h2-4,7-8,12-13,20,24H,5-6,9-11,14-16H2,1H3,(H,25,27). The Balaban J connectivity index is 1.45. The summed E-state index contributed by atoms with van der Waals surface area (Å²) in [5, 5.41) is 6.76. The third-order valence-electron chi connectivity index (χ3n) is 5.74. The highest BCUT2D eigenvalue weighted by Crippen LogP contribution is 2.27. The number of aryl methyl sites for hydroxylation is 1. The van der Waals surface area contributed by atoms with E-state index < -0.39 is 0 Å². The van der Waals surface area contributed by atoms with Gasteiger partial charge < -0.3 is 20.3 Å². The number of para-hydroxylation sites is 1. The van der Waals surface area contributed by atoms with Gasteiger partial charge in [0.05, 0.1) is 6.61 Å². The van der Waals surface area contributed by atoms with Crippen molar-refractivity contribution in [1.82, 2.24) is 5.32 Å². The van der Waals surface area contributed by atoms with Crippen molar-refractivity contribution in [1.29, 1.82) is 0 Å². The van der Waals surface area contributed by atoms with Crippen LogP contribution >= 0.6 is 0 Å². The van der Waals surface area contributed by atoms with Crippen LogP contribution in [0.1, 0.15) is 36.0 Å². The van der Waals surface area contributed by atoms with Gasteiger partial charge in [-0.05, 0) is 54.2 Å². The number of carbonyl (C=O) groups excluding carboxylic acids is 1. The Morgan fingerprint density at radius 1 is 1.18 bits per heavy atom. The van der Waals surface area contributed by atoms with Crippen molar-refractivity contribution in [2.45, 2.75) is 44.9 Å². The Morgan fingerprint density at radius 2 is 2.04 bits per heavy atom. The first-order valence-corrected chi connectivity index (χ1v) is 10.2. The van der Waals surface area contributed by atoms with E-state index in [0.717, 1.165) is 31.7 Å². The molecule has 2 aliphatic heterocycles. The van der Waals surface area contributed by atoms with E-state index in [2.05, 4.69) is 58.0 Å². The van der Waals surface area contributed by atoms with Crippen LogP contribution in [0.3, 0.4) is 0 Å². The van der Waals surface area contributed by atoms with Gasteiger partial charge in [0.2, 0.25) is 5.91 Å². The van der Waals surface area contributed by atoms with Crippen LogP contribution in [0.25, 0.3) is 0 Å². The zero-order valence-electron chi connectivity index (χ0n) is 16.5. The zero-order chi connectivity index (χ0) is 19.3. The third-order valence-corrected chi connectivity index (χ3v) is 5.74. The fourth-order valence-electron chi connectivity index (χ4n) is 4.25. The number of fused-ring (bicyclic) bond motifs is 1. The minimum atomic E-state index is 0.108. The first-order chi connectivity index (χ1) is 13.7. The molecule has 2 aromatic rings. The molecule has 0 spiro atoms. The Bertz CT molecular complexity index is 822. The summed E-state index contributed by atoms with van der Waals surface area (Å²) in [5.41, 5.74) is 5.89. The summed E-state index contributed by atoms with van der Waals surface area (Å²) in [6.45, 7) is 3.52. The molecule has 28 heavy (non-hydrogen) atoms. The molecule has 0 aliphatic carbocycles. The van der Waals surface area contributed by atoms with Crippen molar-refractivity contribution in [3.8, 4) is 0 Å². The van der Waals surface area contributed by atoms with Crippen LogP contribution in [0.5, 0.6) is 0 Å². The maximum atomic E-state index is 11.8. The first-order valence-electron chi connectivity index (χ1n) is 10.2. The molecule has 5 nitrogen and oxygen atoms in total. The number of rotatable bonds is 6. The number of nitrogens with one attached hydrogen (secondary N) is 2. The van der Waals surface area contributed by atoms with Gasteiger partial charge in [-0.25, -0.2) is 0 Å². The molecule has 0 radical (unpaired) electrons. The second-order valence-corrected chi connectivity index (χ2v) is 7.76. The summed E-state index contributed by atoms with van der Waals surface area (Å²) in [6.07, 6.45) is 3.75. The fraction of sp³-hybridized carbons (Fsp3) is 0.435. The largest absolute Gasteiger partial charge is 0.380 e. The SMILES string of the molecule is COCc1cc2c(cc1CNC1CCCN(c3ccccc3)C1)NC(=O)CC2. The number of carbonyl (C=O) groups is 1. The highest BCUT2D eigenvalue weighted by Gasteiger charge is 2.21. The molecule has 0 bridgehead atoms. The zero-order valence-corrected chi connectivity index (χ0v) is 16.5. The quantitative estimate of drug-likeness (QED) is 0.807. The lowest BCUT2D eigenvalue weighted by Crippen LogP contribution is -2.45. The molecule has 1 saturated heterocycles. The molecule has 4 rings (SSSR count). The topological polar surface area (TPSA) is 53.6 Å². The number of hydrogen-bond acceptors (Lipinski definition) is 4. The smallest absolute Gasteiger partial charge is 0.224 e. The van der Waals surface area contributed by atoms with E-state index in [-0.39, 0.29) is 5.91 Å². The highest BCUT2D eigenvalue weighted by atomic mass is 16.5. The van der Waals surface area contributed by atoms with Crippen LogP contribution < -0.4 is 15.5 Å². The average molecular weight is 380 g/mol. The maximum Gasteiger partial charge on any atom is 0.224 e. The van der Waals surface area contributed by atoms with Crippen LogP contribution in [-0.4, -0.2) is 32.1 Å². The lowest BCUT2D eigenvalue weighted by Gasteiger charge is -2.35. The molecule has 2 aromatic carbocycles. The van der Waals surface area contributed by atoms with E-state index in [0.29, 0.717) is 19.1 Å². The van der Waals surface area contributed by atoms with E-state index in [9.17, 15) is 4.79 Å². The minimum Gasteiger partial charge on any atom is -0.380 e. The number of amides is 1. The number of anilines is 2. The van der Waals surface area contributed by atoms with E-state index in [1.807, 2.05) is 0 Å².